The maximum absolute atomic E-state index is 11.6. The zero-order chi connectivity index (χ0) is 18.6. The Kier molecular flexibility index (Phi) is 5.80. The first kappa shape index (κ1) is 18.7. The number of nitrogens with one attached hydrogen (secondary N) is 1. The molecule has 3 aromatic heterocycles. The summed E-state index contributed by atoms with van der Waals surface area (Å²) in [4.78, 5) is 13.5. The van der Waals surface area contributed by atoms with Gasteiger partial charge in [-0.2, -0.15) is 0 Å². The van der Waals surface area contributed by atoms with Gasteiger partial charge < -0.3 is 9.30 Å². The van der Waals surface area contributed by atoms with Crippen LogP contribution in [0.25, 0.3) is 22.1 Å². The van der Waals surface area contributed by atoms with Crippen LogP contribution in [0.3, 0.4) is 0 Å². The molecular formula is C17H23N5O3S. The fourth-order valence-corrected chi connectivity index (χ4v) is 3.67. The van der Waals surface area contributed by atoms with Crippen LogP contribution in [0.5, 0.6) is 0 Å². The number of ether oxygens (including phenoxy) is 1. The molecule has 3 heterocycles. The van der Waals surface area contributed by atoms with Crippen molar-refractivity contribution in [3.05, 3.63) is 30.4 Å². The molecule has 0 saturated carbocycles. The largest absolute Gasteiger partial charge is 0.374 e. The molecule has 0 aliphatic rings. The third kappa shape index (κ3) is 4.00. The zero-order valence-corrected chi connectivity index (χ0v) is 15.8. The van der Waals surface area contributed by atoms with Crippen LogP contribution in [0.2, 0.25) is 0 Å². The molecular weight excluding hydrogens is 354 g/mol. The van der Waals surface area contributed by atoms with E-state index in [1.165, 1.54) is 7.05 Å². The van der Waals surface area contributed by atoms with Gasteiger partial charge in [-0.25, -0.2) is 18.1 Å². The van der Waals surface area contributed by atoms with Crippen molar-refractivity contribution < 1.29 is 13.2 Å². The van der Waals surface area contributed by atoms with Crippen molar-refractivity contribution in [3.63, 3.8) is 0 Å². The average Bonchev–Trinajstić information content (AvgIpc) is 3.01. The molecule has 9 heteroatoms. The predicted molar refractivity (Wildman–Crippen MR) is 100 cm³/mol. The van der Waals surface area contributed by atoms with Crippen molar-refractivity contribution in [1.82, 2.24) is 24.2 Å². The van der Waals surface area contributed by atoms with Gasteiger partial charge in [0.15, 0.2) is 0 Å². The Morgan fingerprint density at radius 2 is 2.08 bits per heavy atom. The number of hydrogen-bond donors (Lipinski definition) is 1. The first-order chi connectivity index (χ1) is 12.6. The summed E-state index contributed by atoms with van der Waals surface area (Å²) >= 11 is 0. The van der Waals surface area contributed by atoms with E-state index in [1.54, 1.807) is 12.4 Å². The van der Waals surface area contributed by atoms with Crippen molar-refractivity contribution >= 4 is 32.1 Å². The molecule has 140 valence electrons. The zero-order valence-electron chi connectivity index (χ0n) is 15.0. The first-order valence-corrected chi connectivity index (χ1v) is 10.3. The monoisotopic (exact) mass is 377 g/mol. The molecule has 0 aliphatic heterocycles. The van der Waals surface area contributed by atoms with Gasteiger partial charge in [-0.05, 0) is 38.9 Å². The second-order valence-electron chi connectivity index (χ2n) is 5.91. The molecule has 0 spiro atoms. The highest BCUT2D eigenvalue weighted by Gasteiger charge is 2.15. The van der Waals surface area contributed by atoms with Gasteiger partial charge in [-0.3, -0.25) is 9.97 Å². The molecule has 3 aromatic rings. The molecule has 0 atom stereocenters. The van der Waals surface area contributed by atoms with E-state index in [4.69, 9.17) is 4.74 Å². The number of nitrogens with zero attached hydrogens (tertiary/aromatic N) is 4. The van der Waals surface area contributed by atoms with Crippen molar-refractivity contribution in [2.24, 2.45) is 0 Å². The summed E-state index contributed by atoms with van der Waals surface area (Å²) in [7, 11) is -1.75. The summed E-state index contributed by atoms with van der Waals surface area (Å²) in [6, 6.07) is 3.77. The highest BCUT2D eigenvalue weighted by atomic mass is 32.2. The third-order valence-electron chi connectivity index (χ3n) is 4.20. The fraction of sp³-hybridized carbons (Fsp3) is 0.471. The molecule has 0 aliphatic carbocycles. The van der Waals surface area contributed by atoms with Crippen LogP contribution in [0.4, 0.5) is 0 Å². The van der Waals surface area contributed by atoms with Gasteiger partial charge in [0.05, 0.1) is 23.0 Å². The summed E-state index contributed by atoms with van der Waals surface area (Å²) < 4.78 is 33.1. The number of fused-ring (bicyclic) bond motifs is 3. The van der Waals surface area contributed by atoms with Gasteiger partial charge in [0.2, 0.25) is 10.0 Å². The number of pyridine rings is 2. The van der Waals surface area contributed by atoms with Gasteiger partial charge in [0, 0.05) is 19.3 Å². The quantitative estimate of drug-likeness (QED) is 0.571. The standard InChI is InChI=1S/C17H23N5O3S/c1-3-25-12-15-21-14-11-20-13-7-6-8-19-16(13)17(14)22(15)9-4-5-10-26(23,24)18-2/h6-8,11,18H,3-5,9-10,12H2,1-2H3. The number of aryl methyl sites for hydroxylation is 1. The van der Waals surface area contributed by atoms with Gasteiger partial charge >= 0.3 is 0 Å². The van der Waals surface area contributed by atoms with E-state index in [2.05, 4.69) is 24.2 Å². The number of unbranched alkanes of at least 4 members (excludes halogenated alkanes) is 1. The molecule has 3 rings (SSSR count). The van der Waals surface area contributed by atoms with E-state index < -0.39 is 10.0 Å². The van der Waals surface area contributed by atoms with E-state index in [1.807, 2.05) is 19.1 Å². The number of hydrogen-bond acceptors (Lipinski definition) is 6. The summed E-state index contributed by atoms with van der Waals surface area (Å²) in [5.74, 6) is 0.913. The lowest BCUT2D eigenvalue weighted by atomic mass is 10.2. The van der Waals surface area contributed by atoms with Gasteiger partial charge in [-0.15, -0.1) is 0 Å². The normalized spacial score (nSPS) is 12.2. The molecule has 0 aromatic carbocycles. The minimum absolute atomic E-state index is 0.109. The number of imidazole rings is 1. The molecule has 0 amide bonds. The van der Waals surface area contributed by atoms with Crippen molar-refractivity contribution in [2.45, 2.75) is 32.9 Å². The van der Waals surface area contributed by atoms with E-state index in [0.717, 1.165) is 27.9 Å². The van der Waals surface area contributed by atoms with E-state index >= 15 is 0 Å². The Balaban J connectivity index is 1.93. The Bertz CT molecular complexity index is 1000. The van der Waals surface area contributed by atoms with Crippen LogP contribution in [0.15, 0.2) is 24.5 Å². The van der Waals surface area contributed by atoms with Crippen LogP contribution < -0.4 is 4.72 Å². The lowest BCUT2D eigenvalue weighted by Gasteiger charge is -2.10. The van der Waals surface area contributed by atoms with Crippen LogP contribution in [0.1, 0.15) is 25.6 Å². The molecule has 0 fully saturated rings. The Labute approximate surface area is 152 Å². The van der Waals surface area contributed by atoms with Crippen LogP contribution in [-0.2, 0) is 27.9 Å². The maximum atomic E-state index is 11.6. The number of rotatable bonds is 9. The molecule has 0 unspecified atom stereocenters. The number of aromatic nitrogens is 4. The Hall–Kier alpha value is -2.10. The van der Waals surface area contributed by atoms with Crippen molar-refractivity contribution in [2.75, 3.05) is 19.4 Å². The van der Waals surface area contributed by atoms with E-state index in [-0.39, 0.29) is 5.75 Å². The van der Waals surface area contributed by atoms with Crippen LogP contribution in [0, 0.1) is 0 Å². The Morgan fingerprint density at radius 3 is 2.85 bits per heavy atom. The van der Waals surface area contributed by atoms with Gasteiger partial charge in [0.25, 0.3) is 0 Å². The summed E-state index contributed by atoms with van der Waals surface area (Å²) in [5.41, 5.74) is 3.29. The third-order valence-corrected chi connectivity index (χ3v) is 5.65. The van der Waals surface area contributed by atoms with Gasteiger partial charge in [-0.1, -0.05) is 0 Å². The Morgan fingerprint density at radius 1 is 1.23 bits per heavy atom. The molecule has 0 saturated heterocycles. The second kappa shape index (κ2) is 8.07. The minimum atomic E-state index is -3.18. The summed E-state index contributed by atoms with van der Waals surface area (Å²) in [6.07, 6.45) is 4.76. The van der Waals surface area contributed by atoms with Crippen molar-refractivity contribution in [3.8, 4) is 0 Å². The summed E-state index contributed by atoms with van der Waals surface area (Å²) in [5, 5.41) is 0. The molecule has 1 N–H and O–H groups in total. The second-order valence-corrected chi connectivity index (χ2v) is 7.96. The summed E-state index contributed by atoms with van der Waals surface area (Å²) in [6.45, 7) is 3.58. The minimum Gasteiger partial charge on any atom is -0.374 e. The highest BCUT2D eigenvalue weighted by Crippen LogP contribution is 2.24. The topological polar surface area (TPSA) is 99.0 Å². The van der Waals surface area contributed by atoms with Crippen LogP contribution in [-0.4, -0.2) is 47.3 Å². The maximum Gasteiger partial charge on any atom is 0.211 e. The van der Waals surface area contributed by atoms with Crippen LogP contribution >= 0.6 is 0 Å². The van der Waals surface area contributed by atoms with E-state index in [9.17, 15) is 8.42 Å². The fourth-order valence-electron chi connectivity index (χ4n) is 2.88. The molecule has 0 bridgehead atoms. The molecule has 0 radical (unpaired) electrons. The van der Waals surface area contributed by atoms with Crippen molar-refractivity contribution in [1.29, 1.82) is 0 Å². The SMILES string of the molecule is CCOCc1nc2cnc3cccnc3c2n1CCCCS(=O)(=O)NC. The molecule has 8 nitrogen and oxygen atoms in total. The lowest BCUT2D eigenvalue weighted by molar-refractivity contribution is 0.126. The number of sulfonamides is 1. The molecule has 26 heavy (non-hydrogen) atoms. The average molecular weight is 377 g/mol. The smallest absolute Gasteiger partial charge is 0.211 e. The van der Waals surface area contributed by atoms with Gasteiger partial charge in [0.1, 0.15) is 23.5 Å². The first-order valence-electron chi connectivity index (χ1n) is 8.63. The highest BCUT2D eigenvalue weighted by molar-refractivity contribution is 7.89. The predicted octanol–water partition coefficient (Wildman–Crippen LogP) is 1.85. The van der Waals surface area contributed by atoms with E-state index in [0.29, 0.717) is 32.6 Å². The lowest BCUT2D eigenvalue weighted by Crippen LogP contribution is -2.22.